The summed E-state index contributed by atoms with van der Waals surface area (Å²) in [5.41, 5.74) is 0.944. The Labute approximate surface area is 174 Å². The molecule has 1 aliphatic carbocycles. The fraction of sp³-hybridized carbons (Fsp3) is 0.435. The van der Waals surface area contributed by atoms with Crippen LogP contribution in [-0.2, 0) is 10.0 Å². The molecule has 29 heavy (non-hydrogen) atoms. The number of benzene rings is 2. The second kappa shape index (κ2) is 9.92. The third-order valence-corrected chi connectivity index (χ3v) is 7.47. The molecule has 1 amide bonds. The van der Waals surface area contributed by atoms with Crippen LogP contribution < -0.4 is 9.62 Å². The van der Waals surface area contributed by atoms with Gasteiger partial charge in [-0.05, 0) is 42.7 Å². The summed E-state index contributed by atoms with van der Waals surface area (Å²) in [7, 11) is -2.22. The van der Waals surface area contributed by atoms with E-state index in [9.17, 15) is 13.2 Å². The normalized spacial score (nSPS) is 15.5. The number of hydrogen-bond acceptors (Lipinski definition) is 3. The van der Waals surface area contributed by atoms with E-state index in [-0.39, 0.29) is 10.8 Å². The highest BCUT2D eigenvalue weighted by atomic mass is 32.2. The second-order valence-electron chi connectivity index (χ2n) is 7.74. The van der Waals surface area contributed by atoms with Crippen molar-refractivity contribution >= 4 is 21.6 Å². The average Bonchev–Trinajstić information content (AvgIpc) is 3.02. The number of carbonyl (C=O) groups excluding carboxylic acids is 1. The summed E-state index contributed by atoms with van der Waals surface area (Å²) in [4.78, 5) is 12.7. The highest BCUT2D eigenvalue weighted by molar-refractivity contribution is 7.92. The van der Waals surface area contributed by atoms with Crippen LogP contribution in [0.25, 0.3) is 0 Å². The van der Waals surface area contributed by atoms with Crippen molar-refractivity contribution in [2.24, 2.45) is 5.92 Å². The molecule has 3 rings (SSSR count). The molecule has 156 valence electrons. The summed E-state index contributed by atoms with van der Waals surface area (Å²) in [5.74, 6) is 0.460. The number of sulfonamides is 1. The molecular weight excluding hydrogens is 384 g/mol. The third kappa shape index (κ3) is 5.60. The molecule has 2 aromatic carbocycles. The first-order valence-corrected chi connectivity index (χ1v) is 11.8. The first-order valence-electron chi connectivity index (χ1n) is 10.4. The van der Waals surface area contributed by atoms with Crippen LogP contribution in [0.5, 0.6) is 0 Å². The van der Waals surface area contributed by atoms with Gasteiger partial charge in [0.1, 0.15) is 0 Å². The minimum atomic E-state index is -3.74. The van der Waals surface area contributed by atoms with Gasteiger partial charge in [-0.15, -0.1) is 0 Å². The number of anilines is 1. The van der Waals surface area contributed by atoms with Gasteiger partial charge in [0.25, 0.3) is 15.9 Å². The van der Waals surface area contributed by atoms with E-state index < -0.39 is 10.0 Å². The zero-order valence-corrected chi connectivity index (χ0v) is 17.8. The predicted molar refractivity (Wildman–Crippen MR) is 117 cm³/mol. The van der Waals surface area contributed by atoms with Gasteiger partial charge in [-0.2, -0.15) is 0 Å². The molecular formula is C23H30N2O3S. The Hall–Kier alpha value is -2.34. The minimum absolute atomic E-state index is 0.111. The first kappa shape index (κ1) is 21.4. The Balaban J connectivity index is 1.64. The Bertz CT molecular complexity index is 905. The smallest absolute Gasteiger partial charge is 0.264 e. The Morgan fingerprint density at radius 3 is 2.38 bits per heavy atom. The van der Waals surface area contributed by atoms with Gasteiger partial charge >= 0.3 is 0 Å². The molecule has 6 heteroatoms. The van der Waals surface area contributed by atoms with Crippen LogP contribution in [0.2, 0.25) is 0 Å². The summed E-state index contributed by atoms with van der Waals surface area (Å²) in [6, 6.07) is 15.1. The molecule has 0 heterocycles. The molecule has 0 radical (unpaired) electrons. The zero-order valence-electron chi connectivity index (χ0n) is 17.0. The number of para-hydroxylation sites is 1. The molecule has 0 spiro atoms. The van der Waals surface area contributed by atoms with Crippen molar-refractivity contribution in [2.75, 3.05) is 17.9 Å². The van der Waals surface area contributed by atoms with Crippen LogP contribution in [0.1, 0.15) is 55.3 Å². The summed E-state index contributed by atoms with van der Waals surface area (Å²) < 4.78 is 27.1. The molecule has 1 saturated carbocycles. The lowest BCUT2D eigenvalue weighted by molar-refractivity contribution is 0.0950. The number of amides is 1. The largest absolute Gasteiger partial charge is 0.352 e. The maximum atomic E-state index is 13.0. The van der Waals surface area contributed by atoms with Crippen LogP contribution in [-0.4, -0.2) is 27.9 Å². The molecule has 1 N–H and O–H groups in total. The van der Waals surface area contributed by atoms with E-state index in [4.69, 9.17) is 0 Å². The highest BCUT2D eigenvalue weighted by Crippen LogP contribution is 2.25. The van der Waals surface area contributed by atoms with Crippen LogP contribution >= 0.6 is 0 Å². The van der Waals surface area contributed by atoms with Gasteiger partial charge in [0, 0.05) is 19.2 Å². The number of nitrogens with one attached hydrogen (secondary N) is 1. The highest BCUT2D eigenvalue weighted by Gasteiger charge is 2.22. The molecule has 0 aliphatic heterocycles. The summed E-state index contributed by atoms with van der Waals surface area (Å²) in [6.45, 7) is 0.629. The van der Waals surface area contributed by atoms with Gasteiger partial charge in [0.15, 0.2) is 0 Å². The van der Waals surface area contributed by atoms with E-state index in [1.54, 1.807) is 36.4 Å². The zero-order chi connectivity index (χ0) is 20.7. The first-order chi connectivity index (χ1) is 14.0. The van der Waals surface area contributed by atoms with Gasteiger partial charge < -0.3 is 5.32 Å². The Morgan fingerprint density at radius 2 is 1.69 bits per heavy atom. The number of carbonyl (C=O) groups is 1. The maximum Gasteiger partial charge on any atom is 0.264 e. The van der Waals surface area contributed by atoms with E-state index >= 15 is 0 Å². The van der Waals surface area contributed by atoms with Crippen molar-refractivity contribution in [1.29, 1.82) is 0 Å². The van der Waals surface area contributed by atoms with Crippen molar-refractivity contribution < 1.29 is 13.2 Å². The van der Waals surface area contributed by atoms with Gasteiger partial charge in [0.2, 0.25) is 0 Å². The number of hydrogen-bond donors (Lipinski definition) is 1. The average molecular weight is 415 g/mol. The predicted octanol–water partition coefficient (Wildman–Crippen LogP) is 4.60. The molecule has 0 bridgehead atoms. The quantitative estimate of drug-likeness (QED) is 0.673. The lowest BCUT2D eigenvalue weighted by Gasteiger charge is -2.19. The SMILES string of the molecule is CN(c1ccccc1)S(=O)(=O)c1cccc(C(=O)NCCC2CCCCCC2)c1. The van der Waals surface area contributed by atoms with Crippen molar-refractivity contribution in [3.63, 3.8) is 0 Å². The molecule has 0 saturated heterocycles. The van der Waals surface area contributed by atoms with Crippen molar-refractivity contribution in [3.05, 3.63) is 60.2 Å². The second-order valence-corrected chi connectivity index (χ2v) is 9.71. The van der Waals surface area contributed by atoms with E-state index in [1.807, 2.05) is 6.07 Å². The molecule has 0 atom stereocenters. The van der Waals surface area contributed by atoms with Gasteiger partial charge in [-0.1, -0.05) is 62.8 Å². The van der Waals surface area contributed by atoms with E-state index in [0.717, 1.165) is 6.42 Å². The summed E-state index contributed by atoms with van der Waals surface area (Å²) >= 11 is 0. The van der Waals surface area contributed by atoms with Crippen LogP contribution in [0.4, 0.5) is 5.69 Å². The summed E-state index contributed by atoms with van der Waals surface area (Å²) in [5, 5.41) is 2.96. The van der Waals surface area contributed by atoms with Crippen LogP contribution in [0.15, 0.2) is 59.5 Å². The maximum absolute atomic E-state index is 13.0. The van der Waals surface area contributed by atoms with Crippen LogP contribution in [0, 0.1) is 5.92 Å². The standard InChI is InChI=1S/C23H30N2O3S/c1-25(21-13-7-4-8-14-21)29(27,28)22-15-9-12-20(18-22)23(26)24-17-16-19-10-5-2-3-6-11-19/h4,7-9,12-15,18-19H,2-3,5-6,10-11,16-17H2,1H3,(H,24,26). The molecule has 0 unspecified atom stereocenters. The minimum Gasteiger partial charge on any atom is -0.352 e. The monoisotopic (exact) mass is 414 g/mol. The Kier molecular flexibility index (Phi) is 7.31. The van der Waals surface area contributed by atoms with E-state index in [2.05, 4.69) is 5.32 Å². The number of nitrogens with zero attached hydrogens (tertiary/aromatic N) is 1. The van der Waals surface area contributed by atoms with E-state index in [1.165, 1.54) is 62.0 Å². The fourth-order valence-corrected chi connectivity index (χ4v) is 5.12. The van der Waals surface area contributed by atoms with Crippen molar-refractivity contribution in [2.45, 2.75) is 49.8 Å². The van der Waals surface area contributed by atoms with Crippen molar-refractivity contribution in [1.82, 2.24) is 5.32 Å². The Morgan fingerprint density at radius 1 is 1.00 bits per heavy atom. The summed E-state index contributed by atoms with van der Waals surface area (Å²) in [6.07, 6.45) is 8.69. The molecule has 0 aromatic heterocycles. The fourth-order valence-electron chi connectivity index (χ4n) is 3.88. The number of rotatable bonds is 7. The molecule has 2 aromatic rings. The third-order valence-electron chi connectivity index (χ3n) is 5.69. The van der Waals surface area contributed by atoms with E-state index in [0.29, 0.717) is 23.7 Å². The topological polar surface area (TPSA) is 66.5 Å². The molecule has 5 nitrogen and oxygen atoms in total. The van der Waals surface area contributed by atoms with Crippen molar-refractivity contribution in [3.8, 4) is 0 Å². The lowest BCUT2D eigenvalue weighted by atomic mass is 9.97. The van der Waals surface area contributed by atoms with Crippen LogP contribution in [0.3, 0.4) is 0 Å². The molecule has 1 aliphatic rings. The van der Waals surface area contributed by atoms with Gasteiger partial charge in [-0.3, -0.25) is 9.10 Å². The van der Waals surface area contributed by atoms with Gasteiger partial charge in [-0.25, -0.2) is 8.42 Å². The van der Waals surface area contributed by atoms with Gasteiger partial charge in [0.05, 0.1) is 10.6 Å². The molecule has 1 fully saturated rings. The lowest BCUT2D eigenvalue weighted by Crippen LogP contribution is -2.28.